The van der Waals surface area contributed by atoms with Gasteiger partial charge in [-0.05, 0) is 23.4 Å². The van der Waals surface area contributed by atoms with Crippen LogP contribution >= 0.6 is 12.6 Å². The molecule has 0 aliphatic carbocycles. The summed E-state index contributed by atoms with van der Waals surface area (Å²) < 4.78 is 4.50. The number of ether oxygens (including phenoxy) is 1. The molecule has 17 heavy (non-hydrogen) atoms. The first-order valence-electron chi connectivity index (χ1n) is 4.77. The number of carbonyl (C=O) groups excluding carboxylic acids is 1. The standard InChI is InChI=1S/C8H8N2O4.C2H6S/c9-8(11)14-5-6-1-3-7(4-2-6)10(12)13;1-2-3/h1-4H,5H2,(H2,9,11);3H,2H2,1H3. The second-order valence-electron chi connectivity index (χ2n) is 2.85. The Morgan fingerprint density at radius 2 is 1.94 bits per heavy atom. The normalized spacial score (nSPS) is 8.82. The summed E-state index contributed by atoms with van der Waals surface area (Å²) in [6.45, 7) is 2.01. The Morgan fingerprint density at radius 1 is 1.47 bits per heavy atom. The molecule has 0 aromatic heterocycles. The molecule has 1 rings (SSSR count). The zero-order valence-corrected chi connectivity index (χ0v) is 10.2. The zero-order valence-electron chi connectivity index (χ0n) is 9.33. The molecule has 94 valence electrons. The van der Waals surface area contributed by atoms with Gasteiger partial charge >= 0.3 is 6.09 Å². The largest absolute Gasteiger partial charge is 0.445 e. The Balaban J connectivity index is 0.000000770. The van der Waals surface area contributed by atoms with E-state index in [0.29, 0.717) is 5.56 Å². The number of primary amides is 1. The van der Waals surface area contributed by atoms with Crippen LogP contribution in [-0.4, -0.2) is 16.8 Å². The number of thiol groups is 1. The molecule has 0 unspecified atom stereocenters. The van der Waals surface area contributed by atoms with E-state index in [-0.39, 0.29) is 12.3 Å². The summed E-state index contributed by atoms with van der Waals surface area (Å²) in [6.07, 6.45) is -0.872. The van der Waals surface area contributed by atoms with Crippen LogP contribution in [0.4, 0.5) is 10.5 Å². The second-order valence-corrected chi connectivity index (χ2v) is 3.48. The van der Waals surface area contributed by atoms with Crippen molar-refractivity contribution in [3.63, 3.8) is 0 Å². The molecule has 0 aliphatic heterocycles. The number of amides is 1. The summed E-state index contributed by atoms with van der Waals surface area (Å²) in [5.74, 6) is 0.944. The van der Waals surface area contributed by atoms with Crippen LogP contribution in [0.2, 0.25) is 0 Å². The van der Waals surface area contributed by atoms with Crippen LogP contribution in [0.3, 0.4) is 0 Å². The van der Waals surface area contributed by atoms with Gasteiger partial charge in [0.1, 0.15) is 6.61 Å². The molecular formula is C10H14N2O4S. The monoisotopic (exact) mass is 258 g/mol. The lowest BCUT2D eigenvalue weighted by Gasteiger charge is -2.00. The molecule has 0 aliphatic rings. The minimum absolute atomic E-state index is 0.00664. The molecule has 1 aromatic rings. The van der Waals surface area contributed by atoms with E-state index in [1.165, 1.54) is 24.3 Å². The highest BCUT2D eigenvalue weighted by atomic mass is 32.1. The van der Waals surface area contributed by atoms with Crippen molar-refractivity contribution in [2.24, 2.45) is 5.73 Å². The van der Waals surface area contributed by atoms with Gasteiger partial charge in [-0.15, -0.1) is 0 Å². The Bertz CT molecular complexity index is 367. The summed E-state index contributed by atoms with van der Waals surface area (Å²) in [4.78, 5) is 20.0. The Hall–Kier alpha value is -1.76. The molecule has 0 heterocycles. The van der Waals surface area contributed by atoms with Crippen molar-refractivity contribution in [2.75, 3.05) is 5.75 Å². The highest BCUT2D eigenvalue weighted by Crippen LogP contribution is 2.12. The van der Waals surface area contributed by atoms with Crippen LogP contribution in [0.15, 0.2) is 24.3 Å². The third kappa shape index (κ3) is 7.18. The maximum Gasteiger partial charge on any atom is 0.404 e. The molecule has 1 aromatic carbocycles. The van der Waals surface area contributed by atoms with E-state index in [9.17, 15) is 14.9 Å². The number of nitro groups is 1. The van der Waals surface area contributed by atoms with Crippen molar-refractivity contribution in [3.05, 3.63) is 39.9 Å². The third-order valence-electron chi connectivity index (χ3n) is 1.53. The molecule has 0 saturated heterocycles. The number of hydrogen-bond acceptors (Lipinski definition) is 5. The minimum Gasteiger partial charge on any atom is -0.445 e. The average Bonchev–Trinajstić information content (AvgIpc) is 2.28. The van der Waals surface area contributed by atoms with E-state index < -0.39 is 11.0 Å². The summed E-state index contributed by atoms with van der Waals surface area (Å²) in [5.41, 5.74) is 5.39. The SMILES string of the molecule is CCS.NC(=O)OCc1ccc([N+](=O)[O-])cc1. The van der Waals surface area contributed by atoms with Crippen molar-refractivity contribution in [3.8, 4) is 0 Å². The van der Waals surface area contributed by atoms with Crippen LogP contribution in [-0.2, 0) is 11.3 Å². The lowest BCUT2D eigenvalue weighted by Crippen LogP contribution is -2.12. The van der Waals surface area contributed by atoms with Gasteiger partial charge in [-0.2, -0.15) is 12.6 Å². The fraction of sp³-hybridized carbons (Fsp3) is 0.300. The molecule has 0 saturated carbocycles. The highest BCUT2D eigenvalue weighted by molar-refractivity contribution is 7.80. The quantitative estimate of drug-likeness (QED) is 0.493. The van der Waals surface area contributed by atoms with Gasteiger partial charge in [0.2, 0.25) is 0 Å². The van der Waals surface area contributed by atoms with Gasteiger partial charge in [-0.3, -0.25) is 10.1 Å². The van der Waals surface area contributed by atoms with Gasteiger partial charge in [0.05, 0.1) is 4.92 Å². The van der Waals surface area contributed by atoms with Crippen molar-refractivity contribution < 1.29 is 14.5 Å². The fourth-order valence-electron chi connectivity index (χ4n) is 0.868. The van der Waals surface area contributed by atoms with Crippen LogP contribution < -0.4 is 5.73 Å². The van der Waals surface area contributed by atoms with E-state index in [0.717, 1.165) is 5.75 Å². The molecule has 0 fully saturated rings. The van der Waals surface area contributed by atoms with E-state index in [1.807, 2.05) is 6.92 Å². The predicted octanol–water partition coefficient (Wildman–Crippen LogP) is 2.13. The molecule has 0 atom stereocenters. The van der Waals surface area contributed by atoms with Gasteiger partial charge in [0.15, 0.2) is 0 Å². The average molecular weight is 258 g/mol. The lowest BCUT2D eigenvalue weighted by atomic mass is 10.2. The molecule has 2 N–H and O–H groups in total. The maximum absolute atomic E-state index is 10.3. The molecule has 7 heteroatoms. The second kappa shape index (κ2) is 8.40. The van der Waals surface area contributed by atoms with Crippen LogP contribution in [0.5, 0.6) is 0 Å². The summed E-state index contributed by atoms with van der Waals surface area (Å²) in [5, 5.41) is 10.3. The molecule has 0 spiro atoms. The van der Waals surface area contributed by atoms with Gasteiger partial charge < -0.3 is 10.5 Å². The lowest BCUT2D eigenvalue weighted by molar-refractivity contribution is -0.384. The summed E-state index contributed by atoms with van der Waals surface area (Å²) >= 11 is 3.79. The van der Waals surface area contributed by atoms with E-state index in [1.54, 1.807) is 0 Å². The maximum atomic E-state index is 10.3. The topological polar surface area (TPSA) is 95.5 Å². The smallest absolute Gasteiger partial charge is 0.404 e. The number of non-ortho nitro benzene ring substituents is 1. The number of nitrogens with zero attached hydrogens (tertiary/aromatic N) is 1. The van der Waals surface area contributed by atoms with Crippen molar-refractivity contribution in [1.82, 2.24) is 0 Å². The van der Waals surface area contributed by atoms with Gasteiger partial charge in [-0.1, -0.05) is 6.92 Å². The number of rotatable bonds is 3. The van der Waals surface area contributed by atoms with Gasteiger partial charge in [0, 0.05) is 12.1 Å². The van der Waals surface area contributed by atoms with Gasteiger partial charge in [-0.25, -0.2) is 4.79 Å². The molecular weight excluding hydrogens is 244 g/mol. The highest BCUT2D eigenvalue weighted by Gasteiger charge is 2.04. The van der Waals surface area contributed by atoms with Crippen LogP contribution in [0.25, 0.3) is 0 Å². The van der Waals surface area contributed by atoms with Gasteiger partial charge in [0.25, 0.3) is 5.69 Å². The van der Waals surface area contributed by atoms with Crippen molar-refractivity contribution >= 4 is 24.4 Å². The third-order valence-corrected chi connectivity index (χ3v) is 1.53. The number of nitrogens with two attached hydrogens (primary N) is 1. The van der Waals surface area contributed by atoms with Crippen LogP contribution in [0, 0.1) is 10.1 Å². The van der Waals surface area contributed by atoms with Crippen LogP contribution in [0.1, 0.15) is 12.5 Å². The fourth-order valence-corrected chi connectivity index (χ4v) is 0.868. The minimum atomic E-state index is -0.872. The molecule has 6 nitrogen and oxygen atoms in total. The molecule has 1 amide bonds. The molecule has 0 radical (unpaired) electrons. The first kappa shape index (κ1) is 15.2. The first-order valence-corrected chi connectivity index (χ1v) is 5.41. The first-order chi connectivity index (χ1) is 8.01. The van der Waals surface area contributed by atoms with E-state index in [4.69, 9.17) is 5.73 Å². The van der Waals surface area contributed by atoms with E-state index >= 15 is 0 Å². The summed E-state index contributed by atoms with van der Waals surface area (Å²) in [7, 11) is 0. The Morgan fingerprint density at radius 3 is 2.29 bits per heavy atom. The predicted molar refractivity (Wildman–Crippen MR) is 67.0 cm³/mol. The van der Waals surface area contributed by atoms with Crippen molar-refractivity contribution in [2.45, 2.75) is 13.5 Å². The Labute approximate surface area is 104 Å². The zero-order chi connectivity index (χ0) is 13.3. The van der Waals surface area contributed by atoms with Crippen molar-refractivity contribution in [1.29, 1.82) is 0 Å². The Kier molecular flexibility index (Phi) is 7.53. The number of benzene rings is 1. The number of nitro benzene ring substituents is 1. The number of carbonyl (C=O) groups is 1. The molecule has 0 bridgehead atoms. The summed E-state index contributed by atoms with van der Waals surface area (Å²) in [6, 6.07) is 5.67. The number of hydrogen-bond donors (Lipinski definition) is 2. The van der Waals surface area contributed by atoms with E-state index in [2.05, 4.69) is 17.4 Å².